The summed E-state index contributed by atoms with van der Waals surface area (Å²) in [5.41, 5.74) is -0.806. The van der Waals surface area contributed by atoms with E-state index in [0.717, 1.165) is 6.29 Å². The lowest BCUT2D eigenvalue weighted by Crippen LogP contribution is -2.65. The smallest absolute Gasteiger partial charge is 0.308 e. The molecule has 64 heavy (non-hydrogen) atoms. The van der Waals surface area contributed by atoms with Gasteiger partial charge >= 0.3 is 5.97 Å². The summed E-state index contributed by atoms with van der Waals surface area (Å²) in [6.07, 6.45) is -8.49. The fraction of sp³-hybridized carbons (Fsp3) is 0.848. The maximum atomic E-state index is 13.8. The number of hydrogen-bond donors (Lipinski definition) is 5. The number of allylic oxidation sites excluding steroid dienone is 3. The summed E-state index contributed by atoms with van der Waals surface area (Å²) in [5, 5.41) is 55.8. The molecule has 18 heteroatoms. The highest BCUT2D eigenvalue weighted by Crippen LogP contribution is 2.37. The SMILES string of the molecule is CC[C@H]1OC(=O)C[C@@H](O)[C@H](C)[C@@H](O[C@@H]2O[C@H](C)[C@@H](O[C@@H]3C[C@@](C)(O)[C@@H](O)[C@H](C)O3)[C@H](N(C)C)[C@H]2O)[C@@H](CC=O)C[C@@H](C)C(=O)/C=C/C(C)=C/[C@@H]1CO[C@@H]1O[C@H](C)[C@@H](O)[C@@H](OC)[C@H]1OC. The van der Waals surface area contributed by atoms with Crippen molar-refractivity contribution >= 4 is 18.0 Å². The molecule has 0 aromatic carbocycles. The third-order valence-corrected chi connectivity index (χ3v) is 13.4. The van der Waals surface area contributed by atoms with Crippen LogP contribution in [0.25, 0.3) is 0 Å². The van der Waals surface area contributed by atoms with Crippen molar-refractivity contribution in [2.45, 2.75) is 191 Å². The summed E-state index contributed by atoms with van der Waals surface area (Å²) in [7, 11) is 6.43. The van der Waals surface area contributed by atoms with Gasteiger partial charge in [-0.3, -0.25) is 9.59 Å². The monoisotopic (exact) mass is 916 g/mol. The molecule has 0 aliphatic carbocycles. The minimum atomic E-state index is -1.49. The summed E-state index contributed by atoms with van der Waals surface area (Å²) in [4.78, 5) is 41.5. The number of ether oxygens (including phenoxy) is 9. The zero-order valence-electron chi connectivity index (χ0n) is 39.7. The molecule has 4 aliphatic heterocycles. The fourth-order valence-electron chi connectivity index (χ4n) is 9.51. The summed E-state index contributed by atoms with van der Waals surface area (Å²) >= 11 is 0. The molecule has 18 nitrogen and oxygen atoms in total. The van der Waals surface area contributed by atoms with Crippen LogP contribution in [0.15, 0.2) is 23.8 Å². The molecule has 3 fully saturated rings. The Morgan fingerprint density at radius 1 is 0.859 bits per heavy atom. The molecule has 3 saturated heterocycles. The van der Waals surface area contributed by atoms with Gasteiger partial charge in [-0.2, -0.15) is 0 Å². The van der Waals surface area contributed by atoms with Crippen molar-refractivity contribution in [1.82, 2.24) is 4.90 Å². The van der Waals surface area contributed by atoms with Crippen molar-refractivity contribution in [3.8, 4) is 0 Å². The van der Waals surface area contributed by atoms with Crippen LogP contribution in [0, 0.1) is 23.7 Å². The van der Waals surface area contributed by atoms with Gasteiger partial charge in [0.15, 0.2) is 24.7 Å². The van der Waals surface area contributed by atoms with Crippen molar-refractivity contribution in [3.63, 3.8) is 0 Å². The highest BCUT2D eigenvalue weighted by Gasteiger charge is 2.52. The quantitative estimate of drug-likeness (QED) is 0.131. The van der Waals surface area contributed by atoms with Crippen LogP contribution in [0.2, 0.25) is 0 Å². The number of methoxy groups -OCH3 is 2. The molecule has 0 amide bonds. The second-order valence-corrected chi connectivity index (χ2v) is 18.7. The van der Waals surface area contributed by atoms with E-state index in [1.54, 1.807) is 59.7 Å². The number of aldehydes is 1. The van der Waals surface area contributed by atoms with Gasteiger partial charge in [0.05, 0.1) is 55.2 Å². The maximum Gasteiger partial charge on any atom is 0.308 e. The number of nitrogens with zero attached hydrogens (tertiary/aromatic N) is 1. The lowest BCUT2D eigenvalue weighted by atomic mass is 9.79. The van der Waals surface area contributed by atoms with E-state index in [-0.39, 0.29) is 31.7 Å². The molecule has 5 N–H and O–H groups in total. The number of carbonyl (C=O) groups excluding carboxylic acids is 3. The normalized spacial score (nSPS) is 45.9. The van der Waals surface area contributed by atoms with E-state index in [1.165, 1.54) is 27.2 Å². The second kappa shape index (κ2) is 24.1. The summed E-state index contributed by atoms with van der Waals surface area (Å²) < 4.78 is 54.7. The Morgan fingerprint density at radius 3 is 2.11 bits per heavy atom. The van der Waals surface area contributed by atoms with Crippen LogP contribution in [0.1, 0.15) is 87.5 Å². The Morgan fingerprint density at radius 2 is 1.52 bits per heavy atom. The number of rotatable bonds is 13. The lowest BCUT2D eigenvalue weighted by molar-refractivity contribution is -0.341. The molecule has 4 rings (SSSR count). The molecule has 368 valence electrons. The van der Waals surface area contributed by atoms with Crippen molar-refractivity contribution in [2.24, 2.45) is 23.7 Å². The molecule has 0 aromatic rings. The van der Waals surface area contributed by atoms with Crippen LogP contribution >= 0.6 is 0 Å². The van der Waals surface area contributed by atoms with Crippen LogP contribution in [0.3, 0.4) is 0 Å². The van der Waals surface area contributed by atoms with E-state index < -0.39 is 140 Å². The third kappa shape index (κ3) is 13.5. The van der Waals surface area contributed by atoms with Gasteiger partial charge in [-0.25, -0.2) is 0 Å². The van der Waals surface area contributed by atoms with E-state index in [0.29, 0.717) is 12.0 Å². The van der Waals surface area contributed by atoms with Gasteiger partial charge in [0, 0.05) is 44.8 Å². The Balaban J connectivity index is 1.62. The van der Waals surface area contributed by atoms with Gasteiger partial charge in [0.2, 0.25) is 0 Å². The fourth-order valence-corrected chi connectivity index (χ4v) is 9.51. The zero-order chi connectivity index (χ0) is 47.8. The van der Waals surface area contributed by atoms with Gasteiger partial charge in [-0.1, -0.05) is 38.5 Å². The molecule has 21 atom stereocenters. The molecule has 0 spiro atoms. The first-order valence-electron chi connectivity index (χ1n) is 22.7. The van der Waals surface area contributed by atoms with Gasteiger partial charge in [-0.15, -0.1) is 0 Å². The van der Waals surface area contributed by atoms with Crippen molar-refractivity contribution in [3.05, 3.63) is 23.8 Å². The predicted molar refractivity (Wildman–Crippen MR) is 230 cm³/mol. The third-order valence-electron chi connectivity index (χ3n) is 13.4. The largest absolute Gasteiger partial charge is 0.462 e. The Bertz CT molecular complexity index is 1560. The molecule has 0 unspecified atom stereocenters. The highest BCUT2D eigenvalue weighted by molar-refractivity contribution is 5.91. The topological polar surface area (TPSA) is 239 Å². The van der Waals surface area contributed by atoms with Crippen LogP contribution in [0.5, 0.6) is 0 Å². The molecule has 4 aliphatic rings. The van der Waals surface area contributed by atoms with Crippen LogP contribution in [-0.2, 0) is 57.0 Å². The van der Waals surface area contributed by atoms with Crippen molar-refractivity contribution in [1.29, 1.82) is 0 Å². The Kier molecular flexibility index (Phi) is 20.5. The van der Waals surface area contributed by atoms with E-state index in [1.807, 2.05) is 19.9 Å². The number of aliphatic hydroxyl groups excluding tert-OH is 4. The molecule has 4 heterocycles. The van der Waals surface area contributed by atoms with Crippen LogP contribution < -0.4 is 0 Å². The standard InChI is InChI=1S/C46H77NO17/c1-13-33-30(22-58-45-42(57-12)41(56-11)37(52)26(5)60-45)18-23(2)14-15-31(49)24(3)19-29(16-17-48)39(25(4)32(50)20-34(51)62-33)64-44-38(53)36(47(9)10)40(27(6)61-44)63-35-21-46(8,55)43(54)28(7)59-35/h14-15,17-18,24-30,32-33,35-45,50,52-55H,13,16,19-22H2,1-12H3/b15-14+,23-18+/t24-,25+,26-,27-,28+,29+,30-,32-,33-,35-,36-,37-,38-,39-,40-,41-,42-,43+,44+,45-,46-/m1/s1. The van der Waals surface area contributed by atoms with Crippen LogP contribution in [0.4, 0.5) is 0 Å². The molecule has 0 aromatic heterocycles. The number of cyclic esters (lactones) is 1. The molecule has 0 radical (unpaired) electrons. The summed E-state index contributed by atoms with van der Waals surface area (Å²) in [5.74, 6) is -3.59. The number of ketones is 1. The number of aliphatic hydroxyl groups is 5. The molecule has 0 bridgehead atoms. The minimum Gasteiger partial charge on any atom is -0.462 e. The number of hydrogen-bond acceptors (Lipinski definition) is 18. The second-order valence-electron chi connectivity index (χ2n) is 18.7. The predicted octanol–water partition coefficient (Wildman–Crippen LogP) is 1.83. The first-order valence-corrected chi connectivity index (χ1v) is 22.7. The number of esters is 1. The number of carbonyl (C=O) groups is 3. The number of likely N-dealkylation sites (N-methyl/N-ethyl adjacent to an activating group) is 1. The van der Waals surface area contributed by atoms with Gasteiger partial charge in [-0.05, 0) is 73.5 Å². The van der Waals surface area contributed by atoms with Gasteiger partial charge in [0.25, 0.3) is 0 Å². The summed E-state index contributed by atoms with van der Waals surface area (Å²) in [6, 6.07) is -0.748. The van der Waals surface area contributed by atoms with E-state index in [2.05, 4.69) is 0 Å². The van der Waals surface area contributed by atoms with E-state index >= 15 is 0 Å². The minimum absolute atomic E-state index is 0.00788. The van der Waals surface area contributed by atoms with Gasteiger partial charge < -0.3 is 77.9 Å². The van der Waals surface area contributed by atoms with Crippen molar-refractivity contribution in [2.75, 3.05) is 34.9 Å². The average molecular weight is 916 g/mol. The molecular formula is C46H77NO17. The highest BCUT2D eigenvalue weighted by atomic mass is 16.7. The lowest BCUT2D eigenvalue weighted by Gasteiger charge is -2.50. The maximum absolute atomic E-state index is 13.8. The zero-order valence-corrected chi connectivity index (χ0v) is 39.7. The van der Waals surface area contributed by atoms with Crippen LogP contribution in [-0.4, -0.2) is 187 Å². The van der Waals surface area contributed by atoms with E-state index in [9.17, 15) is 39.9 Å². The average Bonchev–Trinajstić information content (AvgIpc) is 3.23. The summed E-state index contributed by atoms with van der Waals surface area (Å²) in [6.45, 7) is 13.6. The van der Waals surface area contributed by atoms with E-state index in [4.69, 9.17) is 42.6 Å². The Labute approximate surface area is 378 Å². The Hall–Kier alpha value is -2.27. The molecular weight excluding hydrogens is 838 g/mol. The first kappa shape index (κ1) is 54.3. The first-order chi connectivity index (χ1) is 30.1. The van der Waals surface area contributed by atoms with Crippen molar-refractivity contribution < 1.29 is 82.5 Å². The van der Waals surface area contributed by atoms with Gasteiger partial charge in [0.1, 0.15) is 49.0 Å². The molecule has 0 saturated carbocycles.